The van der Waals surface area contributed by atoms with Crippen LogP contribution in [0.2, 0.25) is 0 Å². The Morgan fingerprint density at radius 1 is 1.10 bits per heavy atom. The number of hydrogen-bond donors (Lipinski definition) is 3. The zero-order valence-electron chi connectivity index (χ0n) is 16.8. The number of methoxy groups -OCH3 is 1. The lowest BCUT2D eigenvalue weighted by Gasteiger charge is -2.12. The molecule has 2 aromatic rings. The molecule has 1 fully saturated rings. The fraction of sp³-hybridized carbons (Fsp3) is 0.364. The maximum absolute atomic E-state index is 12.3. The summed E-state index contributed by atoms with van der Waals surface area (Å²) >= 11 is 0. The Morgan fingerprint density at radius 2 is 1.83 bits per heavy atom. The van der Waals surface area contributed by atoms with Crippen molar-refractivity contribution in [3.63, 3.8) is 0 Å². The first-order valence-corrected chi connectivity index (χ1v) is 9.73. The maximum atomic E-state index is 12.3. The van der Waals surface area contributed by atoms with Crippen molar-refractivity contribution in [3.8, 4) is 5.75 Å². The number of carbonyl (C=O) groups is 2. The predicted molar refractivity (Wildman–Crippen MR) is 113 cm³/mol. The molecule has 0 saturated carbocycles. The lowest BCUT2D eigenvalue weighted by atomic mass is 10.1. The minimum Gasteiger partial charge on any atom is -0.496 e. The van der Waals surface area contributed by atoms with Crippen molar-refractivity contribution in [3.05, 3.63) is 53.6 Å². The highest BCUT2D eigenvalue weighted by atomic mass is 16.5. The van der Waals surface area contributed by atoms with Crippen LogP contribution in [-0.4, -0.2) is 38.3 Å². The molecule has 0 spiro atoms. The molecule has 29 heavy (non-hydrogen) atoms. The molecule has 3 amide bonds. The molecule has 1 aliphatic rings. The first-order chi connectivity index (χ1) is 14.0. The van der Waals surface area contributed by atoms with Crippen LogP contribution in [0.3, 0.4) is 0 Å². The number of rotatable bonds is 7. The molecule has 7 nitrogen and oxygen atoms in total. The monoisotopic (exact) mass is 397 g/mol. The fourth-order valence-electron chi connectivity index (χ4n) is 3.19. The number of ether oxygens (including phenoxy) is 2. The highest BCUT2D eigenvalue weighted by molar-refractivity contribution is 5.93. The van der Waals surface area contributed by atoms with E-state index in [0.29, 0.717) is 17.9 Å². The molecule has 1 heterocycles. The molecule has 0 aliphatic carbocycles. The van der Waals surface area contributed by atoms with Gasteiger partial charge in [-0.3, -0.25) is 4.79 Å². The van der Waals surface area contributed by atoms with Gasteiger partial charge in [-0.15, -0.1) is 0 Å². The Balaban J connectivity index is 1.46. The van der Waals surface area contributed by atoms with Crippen molar-refractivity contribution in [2.45, 2.75) is 32.3 Å². The van der Waals surface area contributed by atoms with E-state index >= 15 is 0 Å². The minimum absolute atomic E-state index is 0.104. The Bertz CT molecular complexity index is 846. The number of anilines is 2. The lowest BCUT2D eigenvalue weighted by Crippen LogP contribution is -2.35. The summed E-state index contributed by atoms with van der Waals surface area (Å²) in [6.45, 7) is 3.23. The van der Waals surface area contributed by atoms with E-state index in [2.05, 4.69) is 16.0 Å². The van der Waals surface area contributed by atoms with Gasteiger partial charge in [0.25, 0.3) is 0 Å². The lowest BCUT2D eigenvalue weighted by molar-refractivity contribution is -0.115. The third kappa shape index (κ3) is 6.22. The summed E-state index contributed by atoms with van der Waals surface area (Å²) < 4.78 is 10.8. The summed E-state index contributed by atoms with van der Waals surface area (Å²) in [7, 11) is 1.62. The van der Waals surface area contributed by atoms with E-state index in [-0.39, 0.29) is 24.5 Å². The summed E-state index contributed by atoms with van der Waals surface area (Å²) in [6, 6.07) is 12.5. The predicted octanol–water partition coefficient (Wildman–Crippen LogP) is 3.49. The van der Waals surface area contributed by atoms with E-state index in [1.165, 1.54) is 0 Å². The number of carbonyl (C=O) groups excluding carboxylic acids is 2. The Morgan fingerprint density at radius 3 is 2.48 bits per heavy atom. The largest absolute Gasteiger partial charge is 0.496 e. The van der Waals surface area contributed by atoms with Crippen LogP contribution in [0, 0.1) is 6.92 Å². The van der Waals surface area contributed by atoms with Crippen LogP contribution in [0.5, 0.6) is 5.75 Å². The van der Waals surface area contributed by atoms with Crippen LogP contribution in [0.4, 0.5) is 16.2 Å². The molecule has 3 N–H and O–H groups in total. The Labute approximate surface area is 170 Å². The maximum Gasteiger partial charge on any atom is 0.319 e. The number of amides is 3. The molecule has 154 valence electrons. The van der Waals surface area contributed by atoms with E-state index in [0.717, 1.165) is 36.3 Å². The molecular weight excluding hydrogens is 370 g/mol. The third-order valence-electron chi connectivity index (χ3n) is 4.78. The average Bonchev–Trinajstić information content (AvgIpc) is 3.23. The molecular formula is C22H27N3O4. The van der Waals surface area contributed by atoms with Gasteiger partial charge in [-0.25, -0.2) is 4.79 Å². The third-order valence-corrected chi connectivity index (χ3v) is 4.78. The average molecular weight is 397 g/mol. The van der Waals surface area contributed by atoms with Crippen LogP contribution >= 0.6 is 0 Å². The van der Waals surface area contributed by atoms with Crippen molar-refractivity contribution in [2.75, 3.05) is 30.9 Å². The van der Waals surface area contributed by atoms with Crippen LogP contribution in [-0.2, 0) is 16.0 Å². The second-order valence-corrected chi connectivity index (χ2v) is 7.08. The quantitative estimate of drug-likeness (QED) is 0.667. The topological polar surface area (TPSA) is 88.7 Å². The molecule has 7 heteroatoms. The smallest absolute Gasteiger partial charge is 0.319 e. The van der Waals surface area contributed by atoms with E-state index in [4.69, 9.17) is 9.47 Å². The second-order valence-electron chi connectivity index (χ2n) is 7.08. The van der Waals surface area contributed by atoms with Gasteiger partial charge in [0.2, 0.25) is 5.91 Å². The number of urea groups is 1. The standard InChI is InChI=1S/C22H27N3O4/c1-15-5-6-16(12-20(15)28-2)13-21(26)24-17-7-9-18(10-8-17)25-22(27)23-14-19-4-3-11-29-19/h5-10,12,19H,3-4,11,13-14H2,1-2H3,(H,24,26)(H2,23,25,27). The molecule has 0 aromatic heterocycles. The molecule has 1 saturated heterocycles. The number of hydrogen-bond acceptors (Lipinski definition) is 4. The fourth-order valence-corrected chi connectivity index (χ4v) is 3.19. The van der Waals surface area contributed by atoms with Crippen LogP contribution in [0.15, 0.2) is 42.5 Å². The van der Waals surface area contributed by atoms with Gasteiger partial charge in [0.15, 0.2) is 0 Å². The summed E-state index contributed by atoms with van der Waals surface area (Å²) in [5.41, 5.74) is 3.22. The molecule has 1 aliphatic heterocycles. The second kappa shape index (κ2) is 9.93. The van der Waals surface area contributed by atoms with Crippen molar-refractivity contribution >= 4 is 23.3 Å². The van der Waals surface area contributed by atoms with E-state index < -0.39 is 0 Å². The van der Waals surface area contributed by atoms with E-state index in [1.54, 1.807) is 31.4 Å². The van der Waals surface area contributed by atoms with Crippen LogP contribution in [0.1, 0.15) is 24.0 Å². The van der Waals surface area contributed by atoms with Crippen molar-refractivity contribution in [1.29, 1.82) is 0 Å². The molecule has 1 unspecified atom stereocenters. The van der Waals surface area contributed by atoms with Gasteiger partial charge < -0.3 is 25.4 Å². The van der Waals surface area contributed by atoms with Crippen LogP contribution in [0.25, 0.3) is 0 Å². The van der Waals surface area contributed by atoms with E-state index in [9.17, 15) is 9.59 Å². The number of nitrogens with one attached hydrogen (secondary N) is 3. The van der Waals surface area contributed by atoms with Gasteiger partial charge in [0.1, 0.15) is 5.75 Å². The summed E-state index contributed by atoms with van der Waals surface area (Å²) in [5, 5.41) is 8.44. The van der Waals surface area contributed by atoms with Crippen molar-refractivity contribution in [2.24, 2.45) is 0 Å². The minimum atomic E-state index is -0.273. The normalized spacial score (nSPS) is 15.6. The molecule has 1 atom stereocenters. The first-order valence-electron chi connectivity index (χ1n) is 9.73. The number of aryl methyl sites for hydroxylation is 1. The van der Waals surface area contributed by atoms with Crippen molar-refractivity contribution in [1.82, 2.24) is 5.32 Å². The first kappa shape index (κ1) is 20.7. The van der Waals surface area contributed by atoms with Crippen molar-refractivity contribution < 1.29 is 19.1 Å². The SMILES string of the molecule is COc1cc(CC(=O)Nc2ccc(NC(=O)NCC3CCCO3)cc2)ccc1C. The molecule has 2 aromatic carbocycles. The van der Waals surface area contributed by atoms with Gasteiger partial charge >= 0.3 is 6.03 Å². The van der Waals surface area contributed by atoms with Gasteiger partial charge in [0, 0.05) is 24.5 Å². The Kier molecular flexibility index (Phi) is 7.08. The zero-order valence-corrected chi connectivity index (χ0v) is 16.8. The molecule has 3 rings (SSSR count). The molecule has 0 radical (unpaired) electrons. The van der Waals surface area contributed by atoms with Gasteiger partial charge in [-0.2, -0.15) is 0 Å². The van der Waals surface area contributed by atoms with Gasteiger partial charge in [-0.1, -0.05) is 12.1 Å². The summed E-state index contributed by atoms with van der Waals surface area (Å²) in [4.78, 5) is 24.3. The molecule has 0 bridgehead atoms. The van der Waals surface area contributed by atoms with Crippen LogP contribution < -0.4 is 20.7 Å². The van der Waals surface area contributed by atoms with Gasteiger partial charge in [-0.05, 0) is 61.2 Å². The van der Waals surface area contributed by atoms with E-state index in [1.807, 2.05) is 25.1 Å². The van der Waals surface area contributed by atoms with Gasteiger partial charge in [0.05, 0.1) is 19.6 Å². The number of benzene rings is 2. The highest BCUT2D eigenvalue weighted by Crippen LogP contribution is 2.20. The highest BCUT2D eigenvalue weighted by Gasteiger charge is 2.16. The summed E-state index contributed by atoms with van der Waals surface area (Å²) in [6.07, 6.45) is 2.37. The zero-order chi connectivity index (χ0) is 20.6. The Hall–Kier alpha value is -3.06. The summed E-state index contributed by atoms with van der Waals surface area (Å²) in [5.74, 6) is 0.648.